The molecule has 4 rings (SSSR count). The lowest BCUT2D eigenvalue weighted by Gasteiger charge is -2.06. The fraction of sp³-hybridized carbons (Fsp3) is 0.125. The summed E-state index contributed by atoms with van der Waals surface area (Å²) in [4.78, 5) is 24.4. The predicted octanol–water partition coefficient (Wildman–Crippen LogP) is 3.51. The Morgan fingerprint density at radius 3 is 2.69 bits per heavy atom. The van der Waals surface area contributed by atoms with Gasteiger partial charge < -0.3 is 19.5 Å². The molecule has 0 aromatic heterocycles. The molecule has 1 aliphatic heterocycles. The van der Waals surface area contributed by atoms with Crippen LogP contribution in [0.4, 0.5) is 5.69 Å². The average molecular weight is 431 g/mol. The molecule has 0 unspecified atom stereocenters. The van der Waals surface area contributed by atoms with Crippen molar-refractivity contribution in [3.63, 3.8) is 0 Å². The highest BCUT2D eigenvalue weighted by molar-refractivity contribution is 5.92. The molecule has 162 valence electrons. The maximum atomic E-state index is 12.4. The van der Waals surface area contributed by atoms with Crippen molar-refractivity contribution in [2.24, 2.45) is 5.10 Å². The van der Waals surface area contributed by atoms with Gasteiger partial charge in [0.15, 0.2) is 11.5 Å². The van der Waals surface area contributed by atoms with E-state index in [4.69, 9.17) is 14.2 Å². The number of ether oxygens (including phenoxy) is 3. The van der Waals surface area contributed by atoms with Gasteiger partial charge in [-0.25, -0.2) is 10.2 Å². The predicted molar refractivity (Wildman–Crippen MR) is 119 cm³/mol. The maximum absolute atomic E-state index is 12.4. The molecule has 0 saturated heterocycles. The molecule has 2 N–H and O–H groups in total. The van der Waals surface area contributed by atoms with Crippen LogP contribution in [0, 0.1) is 6.92 Å². The number of rotatable bonds is 7. The first-order valence-corrected chi connectivity index (χ1v) is 9.91. The van der Waals surface area contributed by atoms with Crippen molar-refractivity contribution >= 4 is 23.8 Å². The Bertz CT molecular complexity index is 1160. The van der Waals surface area contributed by atoms with E-state index in [0.717, 1.165) is 11.3 Å². The SMILES string of the molecule is Cc1ccc(NCC(=O)N/N=C/c2cccc(OC(=O)c3ccc4c(c3)OCO4)c2)cc1. The molecule has 0 atom stereocenters. The van der Waals surface area contributed by atoms with E-state index in [-0.39, 0.29) is 19.2 Å². The first-order valence-electron chi connectivity index (χ1n) is 9.91. The molecule has 0 fully saturated rings. The number of fused-ring (bicyclic) bond motifs is 1. The van der Waals surface area contributed by atoms with Gasteiger partial charge in [0, 0.05) is 5.69 Å². The van der Waals surface area contributed by atoms with Gasteiger partial charge >= 0.3 is 5.97 Å². The number of esters is 1. The lowest BCUT2D eigenvalue weighted by molar-refractivity contribution is -0.119. The molecule has 0 bridgehead atoms. The number of hydrazone groups is 1. The highest BCUT2D eigenvalue weighted by Crippen LogP contribution is 2.32. The molecule has 32 heavy (non-hydrogen) atoms. The van der Waals surface area contributed by atoms with Crippen LogP contribution >= 0.6 is 0 Å². The highest BCUT2D eigenvalue weighted by atomic mass is 16.7. The smallest absolute Gasteiger partial charge is 0.343 e. The number of hydrogen-bond acceptors (Lipinski definition) is 7. The highest BCUT2D eigenvalue weighted by Gasteiger charge is 2.17. The van der Waals surface area contributed by atoms with E-state index in [0.29, 0.717) is 28.4 Å². The lowest BCUT2D eigenvalue weighted by Crippen LogP contribution is -2.25. The minimum atomic E-state index is -0.520. The number of hydrogen-bond donors (Lipinski definition) is 2. The summed E-state index contributed by atoms with van der Waals surface area (Å²) in [7, 11) is 0. The first kappa shape index (κ1) is 20.9. The monoisotopic (exact) mass is 431 g/mol. The molecular weight excluding hydrogens is 410 g/mol. The van der Waals surface area contributed by atoms with Crippen LogP contribution in [0.3, 0.4) is 0 Å². The van der Waals surface area contributed by atoms with Crippen LogP contribution in [0.15, 0.2) is 71.8 Å². The van der Waals surface area contributed by atoms with Crippen molar-refractivity contribution in [3.05, 3.63) is 83.4 Å². The number of anilines is 1. The summed E-state index contributed by atoms with van der Waals surface area (Å²) in [6, 6.07) is 19.4. The Balaban J connectivity index is 1.29. The van der Waals surface area contributed by atoms with Gasteiger partial charge in [0.2, 0.25) is 6.79 Å². The summed E-state index contributed by atoms with van der Waals surface area (Å²) in [5.41, 5.74) is 5.47. The second kappa shape index (κ2) is 9.65. The van der Waals surface area contributed by atoms with Crippen LogP contribution < -0.4 is 25.0 Å². The third-order valence-electron chi connectivity index (χ3n) is 4.58. The Kier molecular flexibility index (Phi) is 6.31. The number of carbonyl (C=O) groups excluding carboxylic acids is 2. The molecule has 8 nitrogen and oxygen atoms in total. The van der Waals surface area contributed by atoms with E-state index in [1.54, 1.807) is 42.5 Å². The Hall–Kier alpha value is -4.33. The van der Waals surface area contributed by atoms with Gasteiger partial charge in [0.25, 0.3) is 5.91 Å². The molecule has 1 heterocycles. The molecule has 0 saturated carbocycles. The maximum Gasteiger partial charge on any atom is 0.343 e. The minimum Gasteiger partial charge on any atom is -0.454 e. The fourth-order valence-corrected chi connectivity index (χ4v) is 2.92. The Labute approximate surface area is 184 Å². The lowest BCUT2D eigenvalue weighted by atomic mass is 10.2. The van der Waals surface area contributed by atoms with Gasteiger partial charge in [0.05, 0.1) is 18.3 Å². The van der Waals surface area contributed by atoms with Crippen molar-refractivity contribution in [1.29, 1.82) is 0 Å². The van der Waals surface area contributed by atoms with Gasteiger partial charge in [0.1, 0.15) is 5.75 Å². The standard InChI is InChI=1S/C24H21N3O5/c1-16-5-8-19(9-6-16)25-14-23(28)27-26-13-17-3-2-4-20(11-17)32-24(29)18-7-10-21-22(12-18)31-15-30-21/h2-13,25H,14-15H2,1H3,(H,27,28)/b26-13+. The largest absolute Gasteiger partial charge is 0.454 e. The van der Waals surface area contributed by atoms with Crippen molar-refractivity contribution in [3.8, 4) is 17.2 Å². The molecule has 0 radical (unpaired) electrons. The zero-order valence-electron chi connectivity index (χ0n) is 17.3. The summed E-state index contributed by atoms with van der Waals surface area (Å²) < 4.78 is 16.0. The third-order valence-corrected chi connectivity index (χ3v) is 4.58. The summed E-state index contributed by atoms with van der Waals surface area (Å²) in [5, 5.41) is 6.97. The van der Waals surface area contributed by atoms with Crippen molar-refractivity contribution in [2.75, 3.05) is 18.7 Å². The van der Waals surface area contributed by atoms with Crippen molar-refractivity contribution in [1.82, 2.24) is 5.43 Å². The van der Waals surface area contributed by atoms with Crippen LogP contribution in [0.1, 0.15) is 21.5 Å². The van der Waals surface area contributed by atoms with Crippen LogP contribution in [0.2, 0.25) is 0 Å². The fourth-order valence-electron chi connectivity index (χ4n) is 2.92. The summed E-state index contributed by atoms with van der Waals surface area (Å²) in [5.74, 6) is 0.646. The number of carbonyl (C=O) groups is 2. The number of nitrogens with one attached hydrogen (secondary N) is 2. The van der Waals surface area contributed by atoms with Gasteiger partial charge in [-0.15, -0.1) is 0 Å². The normalized spacial score (nSPS) is 11.9. The van der Waals surface area contributed by atoms with Crippen LogP contribution in [-0.2, 0) is 4.79 Å². The average Bonchev–Trinajstić information content (AvgIpc) is 3.27. The van der Waals surface area contributed by atoms with Gasteiger partial charge in [-0.1, -0.05) is 29.8 Å². The van der Waals surface area contributed by atoms with E-state index < -0.39 is 5.97 Å². The quantitative estimate of drug-likeness (QED) is 0.257. The second-order valence-electron chi connectivity index (χ2n) is 7.04. The summed E-state index contributed by atoms with van der Waals surface area (Å²) in [6.07, 6.45) is 1.47. The number of amides is 1. The van der Waals surface area contributed by atoms with E-state index in [1.165, 1.54) is 6.21 Å². The van der Waals surface area contributed by atoms with E-state index in [9.17, 15) is 9.59 Å². The summed E-state index contributed by atoms with van der Waals surface area (Å²) in [6.45, 7) is 2.22. The van der Waals surface area contributed by atoms with Gasteiger partial charge in [-0.2, -0.15) is 5.10 Å². The summed E-state index contributed by atoms with van der Waals surface area (Å²) >= 11 is 0. The van der Waals surface area contributed by atoms with Crippen molar-refractivity contribution < 1.29 is 23.8 Å². The Morgan fingerprint density at radius 2 is 1.84 bits per heavy atom. The Morgan fingerprint density at radius 1 is 1.03 bits per heavy atom. The van der Waals surface area contributed by atoms with Crippen LogP contribution in [-0.4, -0.2) is 31.4 Å². The minimum absolute atomic E-state index is 0.0909. The molecule has 8 heteroatoms. The van der Waals surface area contributed by atoms with Gasteiger partial charge in [-0.3, -0.25) is 4.79 Å². The molecule has 3 aromatic rings. The molecule has 1 aliphatic rings. The number of benzene rings is 3. The van der Waals surface area contributed by atoms with Crippen LogP contribution in [0.25, 0.3) is 0 Å². The van der Waals surface area contributed by atoms with E-state index in [2.05, 4.69) is 15.8 Å². The molecular formula is C24H21N3O5. The number of aryl methyl sites for hydroxylation is 1. The second-order valence-corrected chi connectivity index (χ2v) is 7.04. The topological polar surface area (TPSA) is 98.2 Å². The van der Waals surface area contributed by atoms with Crippen LogP contribution in [0.5, 0.6) is 17.2 Å². The molecule has 0 aliphatic carbocycles. The zero-order valence-corrected chi connectivity index (χ0v) is 17.3. The number of nitrogens with zero attached hydrogens (tertiary/aromatic N) is 1. The molecule has 1 amide bonds. The van der Waals surface area contributed by atoms with Crippen molar-refractivity contribution in [2.45, 2.75) is 6.92 Å². The van der Waals surface area contributed by atoms with E-state index in [1.807, 2.05) is 31.2 Å². The zero-order chi connectivity index (χ0) is 22.3. The third kappa shape index (κ3) is 5.42. The van der Waals surface area contributed by atoms with Gasteiger partial charge in [-0.05, 0) is 55.0 Å². The molecule has 0 spiro atoms. The molecule has 3 aromatic carbocycles. The van der Waals surface area contributed by atoms with E-state index >= 15 is 0 Å². The first-order chi connectivity index (χ1) is 15.6.